The van der Waals surface area contributed by atoms with E-state index < -0.39 is 6.17 Å². The van der Waals surface area contributed by atoms with E-state index in [1.54, 1.807) is 24.3 Å². The summed E-state index contributed by atoms with van der Waals surface area (Å²) in [7, 11) is 0. The fourth-order valence-electron chi connectivity index (χ4n) is 0.993. The zero-order chi connectivity index (χ0) is 9.68. The van der Waals surface area contributed by atoms with Gasteiger partial charge in [-0.15, -0.1) is 0 Å². The molecule has 1 N–H and O–H groups in total. The summed E-state index contributed by atoms with van der Waals surface area (Å²) < 4.78 is 17.9. The van der Waals surface area contributed by atoms with Gasteiger partial charge in [-0.25, -0.2) is 4.39 Å². The molecule has 0 heterocycles. The second kappa shape index (κ2) is 4.82. The van der Waals surface area contributed by atoms with Crippen LogP contribution >= 0.6 is 0 Å². The molecule has 1 aromatic carbocycles. The zero-order valence-corrected chi connectivity index (χ0v) is 7.53. The number of aliphatic hydroxyl groups is 1. The maximum atomic E-state index is 12.7. The van der Waals surface area contributed by atoms with E-state index in [2.05, 4.69) is 0 Å². The van der Waals surface area contributed by atoms with Crippen LogP contribution in [0.15, 0.2) is 24.3 Å². The number of hydrogen-bond acceptors (Lipinski definition) is 2. The molecular formula is C10H13FO2. The molecule has 0 saturated carbocycles. The molecule has 2 nitrogen and oxygen atoms in total. The van der Waals surface area contributed by atoms with Crippen molar-refractivity contribution in [1.82, 2.24) is 0 Å². The van der Waals surface area contributed by atoms with E-state index >= 15 is 0 Å². The molecule has 3 heteroatoms. The molecule has 1 rings (SSSR count). The molecule has 1 atom stereocenters. The van der Waals surface area contributed by atoms with E-state index in [0.717, 1.165) is 0 Å². The maximum absolute atomic E-state index is 12.7. The SMILES string of the molecule is CC(F)c1ccc(OCCO)cc1. The van der Waals surface area contributed by atoms with Gasteiger partial charge in [0.1, 0.15) is 18.5 Å². The van der Waals surface area contributed by atoms with Gasteiger partial charge in [0.2, 0.25) is 0 Å². The number of rotatable bonds is 4. The molecule has 0 aliphatic rings. The van der Waals surface area contributed by atoms with Crippen LogP contribution in [0.4, 0.5) is 4.39 Å². The molecule has 0 spiro atoms. The first-order chi connectivity index (χ1) is 6.24. The molecule has 0 aliphatic heterocycles. The average molecular weight is 184 g/mol. The van der Waals surface area contributed by atoms with Crippen molar-refractivity contribution in [2.24, 2.45) is 0 Å². The molecule has 0 bridgehead atoms. The molecule has 0 radical (unpaired) electrons. The predicted molar refractivity (Wildman–Crippen MR) is 48.5 cm³/mol. The number of hydrogen-bond donors (Lipinski definition) is 1. The van der Waals surface area contributed by atoms with Crippen LogP contribution in [0.3, 0.4) is 0 Å². The van der Waals surface area contributed by atoms with Crippen molar-refractivity contribution in [2.45, 2.75) is 13.1 Å². The second-order valence-electron chi connectivity index (χ2n) is 2.76. The van der Waals surface area contributed by atoms with Crippen molar-refractivity contribution in [3.63, 3.8) is 0 Å². The Labute approximate surface area is 77.0 Å². The van der Waals surface area contributed by atoms with E-state index in [-0.39, 0.29) is 13.2 Å². The fourth-order valence-corrected chi connectivity index (χ4v) is 0.993. The zero-order valence-electron chi connectivity index (χ0n) is 7.53. The summed E-state index contributed by atoms with van der Waals surface area (Å²) in [5.74, 6) is 0.651. The highest BCUT2D eigenvalue weighted by Crippen LogP contribution is 2.19. The van der Waals surface area contributed by atoms with Crippen molar-refractivity contribution < 1.29 is 14.2 Å². The van der Waals surface area contributed by atoms with Crippen molar-refractivity contribution >= 4 is 0 Å². The van der Waals surface area contributed by atoms with Crippen LogP contribution in [0.1, 0.15) is 18.7 Å². The lowest BCUT2D eigenvalue weighted by Gasteiger charge is -2.05. The molecule has 0 saturated heterocycles. The summed E-state index contributed by atoms with van der Waals surface area (Å²) >= 11 is 0. The van der Waals surface area contributed by atoms with E-state index in [1.165, 1.54) is 6.92 Å². The van der Waals surface area contributed by atoms with Gasteiger partial charge in [0.25, 0.3) is 0 Å². The fraction of sp³-hybridized carbons (Fsp3) is 0.400. The van der Waals surface area contributed by atoms with E-state index in [0.29, 0.717) is 11.3 Å². The van der Waals surface area contributed by atoms with Crippen LogP contribution in [0.2, 0.25) is 0 Å². The van der Waals surface area contributed by atoms with Crippen LogP contribution in [0.25, 0.3) is 0 Å². The molecule has 72 valence electrons. The summed E-state index contributed by atoms with van der Waals surface area (Å²) in [4.78, 5) is 0. The van der Waals surface area contributed by atoms with Crippen LogP contribution in [-0.4, -0.2) is 18.3 Å². The Morgan fingerprint density at radius 1 is 1.38 bits per heavy atom. The number of halogens is 1. The number of benzene rings is 1. The Balaban J connectivity index is 2.59. The third kappa shape index (κ3) is 3.03. The Kier molecular flexibility index (Phi) is 3.71. The molecule has 13 heavy (non-hydrogen) atoms. The van der Waals surface area contributed by atoms with Crippen molar-refractivity contribution in [2.75, 3.05) is 13.2 Å². The molecule has 0 aromatic heterocycles. The molecular weight excluding hydrogens is 171 g/mol. The van der Waals surface area contributed by atoms with Gasteiger partial charge in [0.05, 0.1) is 6.61 Å². The molecule has 1 unspecified atom stereocenters. The Hall–Kier alpha value is -1.09. The Bertz CT molecular complexity index is 244. The highest BCUT2D eigenvalue weighted by atomic mass is 19.1. The minimum atomic E-state index is -0.952. The van der Waals surface area contributed by atoms with E-state index in [1.807, 2.05) is 0 Å². The normalized spacial score (nSPS) is 12.5. The summed E-state index contributed by atoms with van der Waals surface area (Å²) in [6.45, 7) is 1.75. The minimum absolute atomic E-state index is 0.0126. The van der Waals surface area contributed by atoms with Gasteiger partial charge in [-0.05, 0) is 24.6 Å². The molecule has 0 fully saturated rings. The highest BCUT2D eigenvalue weighted by molar-refractivity contribution is 5.28. The smallest absolute Gasteiger partial charge is 0.122 e. The predicted octanol–water partition coefficient (Wildman–Crippen LogP) is 2.09. The van der Waals surface area contributed by atoms with E-state index in [9.17, 15) is 4.39 Å². The van der Waals surface area contributed by atoms with Gasteiger partial charge in [-0.2, -0.15) is 0 Å². The molecule has 0 amide bonds. The number of alkyl halides is 1. The standard InChI is InChI=1S/C10H13FO2/c1-8(11)9-2-4-10(5-3-9)13-7-6-12/h2-5,8,12H,6-7H2,1H3. The quantitative estimate of drug-likeness (QED) is 0.776. The molecule has 1 aromatic rings. The Morgan fingerprint density at radius 2 is 2.00 bits per heavy atom. The van der Waals surface area contributed by atoms with E-state index in [4.69, 9.17) is 9.84 Å². The maximum Gasteiger partial charge on any atom is 0.122 e. The van der Waals surface area contributed by atoms with Gasteiger partial charge in [0.15, 0.2) is 0 Å². The van der Waals surface area contributed by atoms with Gasteiger partial charge >= 0.3 is 0 Å². The van der Waals surface area contributed by atoms with Crippen molar-refractivity contribution in [3.05, 3.63) is 29.8 Å². The first-order valence-electron chi connectivity index (χ1n) is 4.21. The monoisotopic (exact) mass is 184 g/mol. The lowest BCUT2D eigenvalue weighted by Crippen LogP contribution is -2.01. The largest absolute Gasteiger partial charge is 0.491 e. The number of ether oxygens (including phenoxy) is 1. The third-order valence-corrected chi connectivity index (χ3v) is 1.70. The third-order valence-electron chi connectivity index (χ3n) is 1.70. The van der Waals surface area contributed by atoms with Gasteiger partial charge in [-0.3, -0.25) is 0 Å². The number of aliphatic hydroxyl groups excluding tert-OH is 1. The molecule has 0 aliphatic carbocycles. The van der Waals surface area contributed by atoms with Gasteiger partial charge < -0.3 is 9.84 Å². The van der Waals surface area contributed by atoms with Crippen LogP contribution in [0, 0.1) is 0 Å². The lowest BCUT2D eigenvalue weighted by atomic mass is 10.1. The van der Waals surface area contributed by atoms with Crippen LogP contribution < -0.4 is 4.74 Å². The van der Waals surface area contributed by atoms with Crippen LogP contribution in [0.5, 0.6) is 5.75 Å². The summed E-state index contributed by atoms with van der Waals surface area (Å²) in [6, 6.07) is 6.75. The average Bonchev–Trinajstić information content (AvgIpc) is 2.15. The van der Waals surface area contributed by atoms with Crippen molar-refractivity contribution in [3.8, 4) is 5.75 Å². The summed E-state index contributed by atoms with van der Waals surface area (Å²) in [6.07, 6.45) is -0.952. The van der Waals surface area contributed by atoms with Gasteiger partial charge in [0, 0.05) is 0 Å². The summed E-state index contributed by atoms with van der Waals surface area (Å²) in [5, 5.41) is 8.49. The van der Waals surface area contributed by atoms with Crippen LogP contribution in [-0.2, 0) is 0 Å². The first-order valence-corrected chi connectivity index (χ1v) is 4.21. The highest BCUT2D eigenvalue weighted by Gasteiger charge is 2.01. The topological polar surface area (TPSA) is 29.5 Å². The summed E-state index contributed by atoms with van der Waals surface area (Å²) in [5.41, 5.74) is 0.636. The lowest BCUT2D eigenvalue weighted by molar-refractivity contribution is 0.201. The Morgan fingerprint density at radius 3 is 2.46 bits per heavy atom. The van der Waals surface area contributed by atoms with Crippen molar-refractivity contribution in [1.29, 1.82) is 0 Å². The first kappa shape index (κ1) is 9.99. The van der Waals surface area contributed by atoms with Gasteiger partial charge in [-0.1, -0.05) is 12.1 Å². The second-order valence-corrected chi connectivity index (χ2v) is 2.76. The minimum Gasteiger partial charge on any atom is -0.491 e.